The summed E-state index contributed by atoms with van der Waals surface area (Å²) in [6.07, 6.45) is -2.63. The number of amidine groups is 1. The van der Waals surface area contributed by atoms with Crippen LogP contribution in [-0.4, -0.2) is 57.1 Å². The first kappa shape index (κ1) is 24.7. The third kappa shape index (κ3) is 6.54. The van der Waals surface area contributed by atoms with E-state index >= 15 is 0 Å². The molecule has 0 saturated heterocycles. The smallest absolute Gasteiger partial charge is 0.422 e. The molecule has 3 rings (SSSR count). The van der Waals surface area contributed by atoms with Crippen LogP contribution in [0.4, 0.5) is 23.2 Å². The number of nitrogens with one attached hydrogen (secondary N) is 1. The largest absolute Gasteiger partial charge is 0.467 e. The molecule has 1 amide bonds. The number of halogens is 4. The lowest BCUT2D eigenvalue weighted by Gasteiger charge is -2.25. The molecule has 8 nitrogen and oxygen atoms in total. The molecular weight excluding hydrogens is 464 g/mol. The predicted octanol–water partition coefficient (Wildman–Crippen LogP) is 3.58. The quantitative estimate of drug-likeness (QED) is 0.492. The van der Waals surface area contributed by atoms with Gasteiger partial charge in [-0.15, -0.1) is 0 Å². The Balaban J connectivity index is 1.76. The zero-order valence-electron chi connectivity index (χ0n) is 18.0. The lowest BCUT2D eigenvalue weighted by molar-refractivity contribution is -0.154. The van der Waals surface area contributed by atoms with Crippen molar-refractivity contribution < 1.29 is 27.1 Å². The Labute approximate surface area is 191 Å². The van der Waals surface area contributed by atoms with Gasteiger partial charge in [0, 0.05) is 17.8 Å². The van der Waals surface area contributed by atoms with Crippen molar-refractivity contribution in [3.63, 3.8) is 0 Å². The Hall–Kier alpha value is -2.93. The van der Waals surface area contributed by atoms with Crippen LogP contribution in [0.15, 0.2) is 35.6 Å². The van der Waals surface area contributed by atoms with E-state index in [1.54, 1.807) is 0 Å². The number of ether oxygens (including phenoxy) is 1. The molecule has 178 valence electrons. The van der Waals surface area contributed by atoms with Gasteiger partial charge >= 0.3 is 6.18 Å². The fraction of sp³-hybridized carbons (Fsp3) is 0.400. The minimum atomic E-state index is -4.52. The summed E-state index contributed by atoms with van der Waals surface area (Å²) in [6.45, 7) is 2.71. The van der Waals surface area contributed by atoms with Gasteiger partial charge in [-0.1, -0.05) is 11.9 Å². The fourth-order valence-corrected chi connectivity index (χ4v) is 4.13. The molecule has 33 heavy (non-hydrogen) atoms. The molecule has 1 aromatic heterocycles. The van der Waals surface area contributed by atoms with Crippen LogP contribution in [0.1, 0.15) is 35.9 Å². The van der Waals surface area contributed by atoms with Crippen molar-refractivity contribution in [3.05, 3.63) is 47.7 Å². The highest BCUT2D eigenvalue weighted by Gasteiger charge is 2.32. The second kappa shape index (κ2) is 9.51. The minimum absolute atomic E-state index is 0.158. The van der Waals surface area contributed by atoms with Crippen molar-refractivity contribution in [3.8, 4) is 5.88 Å². The number of nitrogens with two attached hydrogens (primary N) is 1. The van der Waals surface area contributed by atoms with Crippen LogP contribution < -0.4 is 15.8 Å². The third-order valence-electron chi connectivity index (χ3n) is 4.58. The van der Waals surface area contributed by atoms with Gasteiger partial charge in [-0.05, 0) is 39.1 Å². The Morgan fingerprint density at radius 2 is 2.06 bits per heavy atom. The van der Waals surface area contributed by atoms with Gasteiger partial charge in [0.15, 0.2) is 6.61 Å². The summed E-state index contributed by atoms with van der Waals surface area (Å²) in [5, 5.41) is 2.57. The monoisotopic (exact) mass is 486 g/mol. The number of carbonyl (C=O) groups is 1. The lowest BCUT2D eigenvalue weighted by atomic mass is 10.0. The number of rotatable bonds is 5. The van der Waals surface area contributed by atoms with E-state index in [-0.39, 0.29) is 22.8 Å². The molecule has 0 radical (unpaired) electrons. The van der Waals surface area contributed by atoms with Gasteiger partial charge in [0.1, 0.15) is 17.3 Å². The van der Waals surface area contributed by atoms with E-state index in [2.05, 4.69) is 25.0 Å². The third-order valence-corrected chi connectivity index (χ3v) is 5.71. The van der Waals surface area contributed by atoms with E-state index in [9.17, 15) is 22.4 Å². The van der Waals surface area contributed by atoms with Crippen molar-refractivity contribution in [1.82, 2.24) is 14.3 Å². The number of carbonyl (C=O) groups excluding carboxylic acids is 1. The zero-order chi connectivity index (χ0) is 24.4. The molecule has 0 unspecified atom stereocenters. The summed E-state index contributed by atoms with van der Waals surface area (Å²) >= 11 is 1.49. The van der Waals surface area contributed by atoms with E-state index in [0.29, 0.717) is 12.4 Å². The summed E-state index contributed by atoms with van der Waals surface area (Å²) in [5.74, 6) is -1.18. The zero-order valence-corrected chi connectivity index (χ0v) is 18.8. The van der Waals surface area contributed by atoms with Crippen molar-refractivity contribution >= 4 is 29.4 Å². The summed E-state index contributed by atoms with van der Waals surface area (Å²) in [5.41, 5.74) is 6.50. The fourth-order valence-electron chi connectivity index (χ4n) is 2.98. The first-order chi connectivity index (χ1) is 15.3. The molecule has 1 atom stereocenters. The number of alkyl halides is 3. The normalized spacial score (nSPS) is 18.9. The topological polar surface area (TPSA) is 106 Å². The number of aromatic nitrogens is 2. The molecule has 0 saturated carbocycles. The van der Waals surface area contributed by atoms with Gasteiger partial charge in [-0.3, -0.25) is 14.1 Å². The lowest BCUT2D eigenvalue weighted by Crippen LogP contribution is -2.36. The van der Waals surface area contributed by atoms with E-state index in [1.165, 1.54) is 30.1 Å². The highest BCUT2D eigenvalue weighted by atomic mass is 32.2. The molecule has 1 aromatic carbocycles. The molecular formula is C20H22F4N6O2S. The van der Waals surface area contributed by atoms with Gasteiger partial charge < -0.3 is 15.8 Å². The average molecular weight is 486 g/mol. The summed E-state index contributed by atoms with van der Waals surface area (Å²) in [4.78, 5) is 24.4. The van der Waals surface area contributed by atoms with Crippen LogP contribution in [0.3, 0.4) is 0 Å². The van der Waals surface area contributed by atoms with Crippen LogP contribution in [0.25, 0.3) is 0 Å². The molecule has 0 bridgehead atoms. The number of aliphatic imine (C=N–C) groups is 1. The van der Waals surface area contributed by atoms with Gasteiger partial charge in [0.2, 0.25) is 5.88 Å². The van der Waals surface area contributed by atoms with Crippen molar-refractivity contribution in [2.45, 2.75) is 30.8 Å². The first-order valence-corrected chi connectivity index (χ1v) is 10.5. The van der Waals surface area contributed by atoms with Crippen LogP contribution in [0, 0.1) is 5.82 Å². The van der Waals surface area contributed by atoms with Gasteiger partial charge in [0.05, 0.1) is 23.2 Å². The number of nitrogens with zero attached hydrogens (tertiary/aromatic N) is 4. The highest BCUT2D eigenvalue weighted by Crippen LogP contribution is 2.35. The Bertz CT molecular complexity index is 1050. The number of anilines is 1. The second-order valence-corrected chi connectivity index (χ2v) is 9.60. The average Bonchev–Trinajstić information content (AvgIpc) is 2.82. The molecule has 3 N–H and O–H groups in total. The minimum Gasteiger partial charge on any atom is -0.467 e. The van der Waals surface area contributed by atoms with E-state index in [4.69, 9.17) is 5.73 Å². The first-order valence-electron chi connectivity index (χ1n) is 9.70. The molecule has 2 aromatic rings. The van der Waals surface area contributed by atoms with Crippen LogP contribution in [-0.2, 0) is 0 Å². The molecule has 13 heteroatoms. The maximum atomic E-state index is 14.6. The SMILES string of the molecule is CN1C[C@@H](c2cc(NC(=O)c3cnc(OCC(F)(F)F)cn3)ccc2F)N=C(N)C(C)(C)S1. The van der Waals surface area contributed by atoms with Crippen molar-refractivity contribution in [2.24, 2.45) is 10.7 Å². The maximum Gasteiger partial charge on any atom is 0.422 e. The number of benzene rings is 1. The van der Waals surface area contributed by atoms with Gasteiger partial charge in [-0.2, -0.15) is 13.2 Å². The van der Waals surface area contributed by atoms with Crippen molar-refractivity contribution in [1.29, 1.82) is 0 Å². The van der Waals surface area contributed by atoms with Crippen LogP contribution in [0.5, 0.6) is 5.88 Å². The maximum absolute atomic E-state index is 14.6. The standard InChI is InChI=1S/C20H22F4N6O2S/c1-19(2)18(25)29-15(9-30(3)33-19)12-6-11(4-5-13(12)21)28-17(31)14-7-27-16(8-26-14)32-10-20(22,23)24/h4-8,15H,9-10H2,1-3H3,(H2,25,29)(H,28,31)/t15-/m0/s1. The summed E-state index contributed by atoms with van der Waals surface area (Å²) in [7, 11) is 1.86. The van der Waals surface area contributed by atoms with Crippen molar-refractivity contribution in [2.75, 3.05) is 25.5 Å². The Morgan fingerprint density at radius 3 is 2.70 bits per heavy atom. The van der Waals surface area contributed by atoms with E-state index in [0.717, 1.165) is 12.4 Å². The van der Waals surface area contributed by atoms with E-state index < -0.39 is 35.3 Å². The number of amides is 1. The summed E-state index contributed by atoms with van der Waals surface area (Å²) < 4.78 is 57.2. The van der Waals surface area contributed by atoms with Gasteiger partial charge in [-0.25, -0.2) is 14.4 Å². The second-order valence-electron chi connectivity index (χ2n) is 7.78. The molecule has 1 aliphatic heterocycles. The molecule has 0 fully saturated rings. The van der Waals surface area contributed by atoms with Gasteiger partial charge in [0.25, 0.3) is 5.91 Å². The van der Waals surface area contributed by atoms with Crippen LogP contribution in [0.2, 0.25) is 0 Å². The van der Waals surface area contributed by atoms with Crippen LogP contribution >= 0.6 is 11.9 Å². The predicted molar refractivity (Wildman–Crippen MR) is 117 cm³/mol. The number of hydrogen-bond donors (Lipinski definition) is 2. The molecule has 0 spiro atoms. The van der Waals surface area contributed by atoms with E-state index in [1.807, 2.05) is 25.2 Å². The molecule has 1 aliphatic rings. The Kier molecular flexibility index (Phi) is 7.12. The Morgan fingerprint density at radius 1 is 1.33 bits per heavy atom. The highest BCUT2D eigenvalue weighted by molar-refractivity contribution is 7.99. The molecule has 2 heterocycles. The summed E-state index contributed by atoms with van der Waals surface area (Å²) in [6, 6.07) is 3.45. The molecule has 0 aliphatic carbocycles. The number of hydrogen-bond acceptors (Lipinski definition) is 8. The number of likely N-dealkylation sites (N-methyl/N-ethyl adjacent to an activating group) is 1.